The Morgan fingerprint density at radius 2 is 2.00 bits per heavy atom. The monoisotopic (exact) mass is 638 g/mol. The Hall–Kier alpha value is -4.11. The number of piperidine rings is 1. The maximum Gasteiger partial charge on any atom is 0.240 e. The zero-order valence-corrected chi connectivity index (χ0v) is 26.4. The fourth-order valence-corrected chi connectivity index (χ4v) is 6.01. The van der Waals surface area contributed by atoms with Gasteiger partial charge in [0, 0.05) is 33.7 Å². The van der Waals surface area contributed by atoms with Crippen molar-refractivity contribution in [3.63, 3.8) is 0 Å². The van der Waals surface area contributed by atoms with E-state index in [0.29, 0.717) is 59.9 Å². The molecule has 2 N–H and O–H groups in total. The quantitative estimate of drug-likeness (QED) is 0.414. The number of rotatable bonds is 6. The molecule has 3 amide bonds. The lowest BCUT2D eigenvalue weighted by molar-refractivity contribution is -0.135. The van der Waals surface area contributed by atoms with Gasteiger partial charge in [0.25, 0.3) is 0 Å². The van der Waals surface area contributed by atoms with Gasteiger partial charge in [-0.05, 0) is 48.2 Å². The molecule has 2 atom stereocenters. The van der Waals surface area contributed by atoms with Crippen LogP contribution in [0.5, 0.6) is 17.2 Å². The molecule has 0 radical (unpaired) electrons. The number of anilines is 1. The van der Waals surface area contributed by atoms with Crippen molar-refractivity contribution in [1.82, 2.24) is 25.3 Å². The number of likely N-dealkylation sites (N-methyl/N-ethyl adjacent to an activating group) is 1. The summed E-state index contributed by atoms with van der Waals surface area (Å²) in [4.78, 5) is 42.2. The van der Waals surface area contributed by atoms with Crippen LogP contribution in [0.25, 0.3) is 0 Å². The summed E-state index contributed by atoms with van der Waals surface area (Å²) in [6.07, 6.45) is 0.887. The SMILES string of the molecule is COCc1nnc(NC(=O)CN2CC[C@@H]3NC(=O)CN(C)C(=O)CCc4ccc(c(OC)c4)Oc4cccc(c4)CO[C@H]3C2)s1. The molecule has 45 heavy (non-hydrogen) atoms. The molecule has 0 unspecified atom stereocenters. The summed E-state index contributed by atoms with van der Waals surface area (Å²) in [5.41, 5.74) is 1.81. The predicted molar refractivity (Wildman–Crippen MR) is 166 cm³/mol. The van der Waals surface area contributed by atoms with Crippen LogP contribution >= 0.6 is 11.3 Å². The van der Waals surface area contributed by atoms with Crippen LogP contribution < -0.4 is 20.1 Å². The Morgan fingerprint density at radius 3 is 2.82 bits per heavy atom. The highest BCUT2D eigenvalue weighted by molar-refractivity contribution is 7.15. The number of aryl methyl sites for hydroxylation is 1. The normalized spacial score (nSPS) is 19.8. The third-order valence-electron chi connectivity index (χ3n) is 7.59. The molecule has 3 aliphatic rings. The van der Waals surface area contributed by atoms with Crippen LogP contribution in [0.15, 0.2) is 42.5 Å². The van der Waals surface area contributed by atoms with Crippen LogP contribution in [0, 0.1) is 0 Å². The minimum absolute atomic E-state index is 0.0702. The summed E-state index contributed by atoms with van der Waals surface area (Å²) >= 11 is 1.26. The highest BCUT2D eigenvalue weighted by Gasteiger charge is 2.32. The van der Waals surface area contributed by atoms with E-state index in [0.717, 1.165) is 11.1 Å². The van der Waals surface area contributed by atoms with Gasteiger partial charge in [0.1, 0.15) is 17.4 Å². The summed E-state index contributed by atoms with van der Waals surface area (Å²) in [5, 5.41) is 15.0. The molecule has 0 saturated carbocycles. The van der Waals surface area contributed by atoms with Crippen LogP contribution in [0.2, 0.25) is 0 Å². The number of carbonyl (C=O) groups is 3. The maximum atomic E-state index is 13.1. The summed E-state index contributed by atoms with van der Waals surface area (Å²) in [5.74, 6) is 1.11. The first kappa shape index (κ1) is 32.3. The van der Waals surface area contributed by atoms with Crippen LogP contribution in [0.3, 0.4) is 0 Å². The third kappa shape index (κ3) is 8.97. The number of carbonyl (C=O) groups excluding carboxylic acids is 3. The first-order valence-corrected chi connectivity index (χ1v) is 15.5. The highest BCUT2D eigenvalue weighted by Crippen LogP contribution is 2.33. The third-order valence-corrected chi connectivity index (χ3v) is 8.40. The molecule has 3 aliphatic heterocycles. The molecule has 240 valence electrons. The van der Waals surface area contributed by atoms with Gasteiger partial charge in [0.15, 0.2) is 11.5 Å². The number of methoxy groups -OCH3 is 2. The van der Waals surface area contributed by atoms with E-state index < -0.39 is 6.10 Å². The second-order valence-electron chi connectivity index (χ2n) is 11.0. The average molecular weight is 639 g/mol. The van der Waals surface area contributed by atoms with E-state index in [1.807, 2.05) is 47.4 Å². The fraction of sp³-hybridized carbons (Fsp3) is 0.452. The Balaban J connectivity index is 1.31. The van der Waals surface area contributed by atoms with Crippen LogP contribution in [-0.2, 0) is 43.5 Å². The van der Waals surface area contributed by atoms with E-state index in [-0.39, 0.29) is 49.9 Å². The average Bonchev–Trinajstić information content (AvgIpc) is 3.46. The Bertz CT molecular complexity index is 1500. The molecule has 0 spiro atoms. The van der Waals surface area contributed by atoms with E-state index in [9.17, 15) is 14.4 Å². The lowest BCUT2D eigenvalue weighted by Crippen LogP contribution is -2.57. The molecule has 1 saturated heterocycles. The van der Waals surface area contributed by atoms with E-state index in [4.69, 9.17) is 18.9 Å². The molecule has 13 nitrogen and oxygen atoms in total. The van der Waals surface area contributed by atoms with Crippen molar-refractivity contribution in [3.05, 3.63) is 58.6 Å². The van der Waals surface area contributed by atoms with E-state index >= 15 is 0 Å². The molecule has 4 heterocycles. The van der Waals surface area contributed by atoms with Gasteiger partial charge in [-0.3, -0.25) is 24.6 Å². The molecular formula is C31H38N6O7S. The van der Waals surface area contributed by atoms with Crippen LogP contribution in [0.4, 0.5) is 5.13 Å². The molecular weight excluding hydrogens is 600 g/mol. The topological polar surface area (TPSA) is 144 Å². The molecule has 3 aromatic rings. The van der Waals surface area contributed by atoms with Gasteiger partial charge in [0.2, 0.25) is 22.9 Å². The second kappa shape index (κ2) is 15.3. The lowest BCUT2D eigenvalue weighted by Gasteiger charge is -2.38. The summed E-state index contributed by atoms with van der Waals surface area (Å²) in [7, 11) is 4.77. The van der Waals surface area contributed by atoms with Crippen molar-refractivity contribution in [2.75, 3.05) is 52.8 Å². The first-order chi connectivity index (χ1) is 21.8. The summed E-state index contributed by atoms with van der Waals surface area (Å²) in [6.45, 7) is 1.62. The number of nitrogens with one attached hydrogen (secondary N) is 2. The van der Waals surface area contributed by atoms with E-state index in [1.54, 1.807) is 21.3 Å². The molecule has 4 bridgehead atoms. The number of amides is 3. The summed E-state index contributed by atoms with van der Waals surface area (Å²) < 4.78 is 23.2. The van der Waals surface area contributed by atoms with E-state index in [2.05, 4.69) is 20.8 Å². The fourth-order valence-electron chi connectivity index (χ4n) is 5.28. The zero-order chi connectivity index (χ0) is 31.8. The molecule has 1 aromatic heterocycles. The van der Waals surface area contributed by atoms with E-state index in [1.165, 1.54) is 16.2 Å². The Kier molecular flexibility index (Phi) is 10.9. The minimum Gasteiger partial charge on any atom is -0.493 e. The van der Waals surface area contributed by atoms with Gasteiger partial charge < -0.3 is 29.2 Å². The van der Waals surface area contributed by atoms with Crippen molar-refractivity contribution >= 4 is 34.2 Å². The largest absolute Gasteiger partial charge is 0.493 e. The Morgan fingerprint density at radius 1 is 1.13 bits per heavy atom. The summed E-state index contributed by atoms with van der Waals surface area (Å²) in [6, 6.07) is 12.9. The molecule has 1 fully saturated rings. The van der Waals surface area contributed by atoms with Crippen molar-refractivity contribution in [1.29, 1.82) is 0 Å². The molecule has 6 rings (SSSR count). The van der Waals surface area contributed by atoms with Gasteiger partial charge in [-0.15, -0.1) is 10.2 Å². The number of benzene rings is 2. The van der Waals surface area contributed by atoms with Crippen LogP contribution in [-0.4, -0.2) is 97.3 Å². The number of nitrogens with zero attached hydrogens (tertiary/aromatic N) is 4. The van der Waals surface area contributed by atoms with Crippen LogP contribution in [0.1, 0.15) is 29.0 Å². The zero-order valence-electron chi connectivity index (χ0n) is 25.6. The molecule has 14 heteroatoms. The predicted octanol–water partition coefficient (Wildman–Crippen LogP) is 2.60. The smallest absolute Gasteiger partial charge is 0.240 e. The molecule has 0 aliphatic carbocycles. The number of likely N-dealkylation sites (tertiary alicyclic amines) is 1. The van der Waals surface area contributed by atoms with Crippen molar-refractivity contribution in [2.24, 2.45) is 0 Å². The van der Waals surface area contributed by atoms with Crippen molar-refractivity contribution < 1.29 is 33.3 Å². The van der Waals surface area contributed by atoms with Gasteiger partial charge in [-0.2, -0.15) is 0 Å². The van der Waals surface area contributed by atoms with Gasteiger partial charge in [-0.1, -0.05) is 29.5 Å². The Labute approximate surface area is 265 Å². The van der Waals surface area contributed by atoms with Crippen molar-refractivity contribution in [2.45, 2.75) is 44.6 Å². The molecule has 2 aromatic carbocycles. The minimum atomic E-state index is -0.412. The van der Waals surface area contributed by atoms with Gasteiger partial charge >= 0.3 is 0 Å². The number of hydrogen-bond acceptors (Lipinski definition) is 11. The second-order valence-corrected chi connectivity index (χ2v) is 12.1. The lowest BCUT2D eigenvalue weighted by atomic mass is 10.0. The number of fused-ring (bicyclic) bond motifs is 9. The number of aromatic nitrogens is 2. The first-order valence-electron chi connectivity index (χ1n) is 14.7. The van der Waals surface area contributed by atoms with Crippen molar-refractivity contribution in [3.8, 4) is 17.2 Å². The van der Waals surface area contributed by atoms with Gasteiger partial charge in [-0.25, -0.2) is 0 Å². The highest BCUT2D eigenvalue weighted by atomic mass is 32.1. The number of ether oxygens (including phenoxy) is 4. The maximum absolute atomic E-state index is 13.1. The standard InChI is InChI=1S/C31H38N6O7S/c1-36-16-27(38)32-23-11-12-37(17-28(39)33-31-35-34-29(45-31)19-41-2)15-26(23)43-18-21-5-4-6-22(13-21)44-24-9-7-20(8-10-30(36)40)14-25(24)42-3/h4-7,9,13-14,23,26H,8,10-12,15-19H2,1-3H3,(H,32,38)(H,33,35,39)/t23-,26-/m0/s1. The number of hydrogen-bond donors (Lipinski definition) is 2. The van der Waals surface area contributed by atoms with Gasteiger partial charge in [0.05, 0.1) is 39.0 Å².